The lowest BCUT2D eigenvalue weighted by Gasteiger charge is -2.31. The van der Waals surface area contributed by atoms with E-state index < -0.39 is 0 Å². The van der Waals surface area contributed by atoms with Crippen molar-refractivity contribution in [3.05, 3.63) is 35.5 Å². The summed E-state index contributed by atoms with van der Waals surface area (Å²) in [6.07, 6.45) is 6.79. The molecule has 192 valence electrons. The van der Waals surface area contributed by atoms with Crippen molar-refractivity contribution in [1.82, 2.24) is 24.8 Å². The van der Waals surface area contributed by atoms with Gasteiger partial charge in [-0.05, 0) is 62.1 Å². The predicted molar refractivity (Wildman–Crippen MR) is 142 cm³/mol. The number of aromatic nitrogens is 4. The number of benzene rings is 1. The maximum absolute atomic E-state index is 11.4. The second-order valence-electron chi connectivity index (χ2n) is 10.0. The highest BCUT2D eigenvalue weighted by Gasteiger charge is 2.28. The van der Waals surface area contributed by atoms with E-state index in [0.717, 1.165) is 74.7 Å². The second kappa shape index (κ2) is 11.0. The van der Waals surface area contributed by atoms with Gasteiger partial charge >= 0.3 is 0 Å². The minimum atomic E-state index is 0.0290. The number of halogens is 1. The Balaban J connectivity index is 1.44. The van der Waals surface area contributed by atoms with Crippen molar-refractivity contribution in [2.45, 2.75) is 58.0 Å². The first kappa shape index (κ1) is 24.8. The summed E-state index contributed by atoms with van der Waals surface area (Å²) < 4.78 is 7.82. The molecule has 0 radical (unpaired) electrons. The molecule has 2 atom stereocenters. The molecule has 1 aliphatic carbocycles. The van der Waals surface area contributed by atoms with E-state index in [9.17, 15) is 4.79 Å². The normalized spacial score (nSPS) is 24.4. The summed E-state index contributed by atoms with van der Waals surface area (Å²) in [7, 11) is 0. The number of fused-ring (bicyclic) bond motifs is 1. The number of imidazole rings is 1. The third-order valence-electron chi connectivity index (χ3n) is 7.29. The Morgan fingerprint density at radius 3 is 2.78 bits per heavy atom. The van der Waals surface area contributed by atoms with Crippen LogP contribution in [0.15, 0.2) is 30.5 Å². The molecule has 1 aromatic carbocycles. The second-order valence-corrected chi connectivity index (χ2v) is 10.5. The minimum Gasteiger partial charge on any atom is -0.381 e. The molecule has 0 spiro atoms. The Kier molecular flexibility index (Phi) is 7.57. The van der Waals surface area contributed by atoms with Gasteiger partial charge in [0.1, 0.15) is 5.52 Å². The van der Waals surface area contributed by atoms with Crippen molar-refractivity contribution < 1.29 is 9.53 Å². The fourth-order valence-electron chi connectivity index (χ4n) is 5.25. The van der Waals surface area contributed by atoms with E-state index in [1.165, 1.54) is 0 Å². The molecule has 1 amide bonds. The van der Waals surface area contributed by atoms with E-state index in [-0.39, 0.29) is 18.0 Å². The largest absolute Gasteiger partial charge is 0.381 e. The predicted octanol–water partition coefficient (Wildman–Crippen LogP) is 4.93. The van der Waals surface area contributed by atoms with Gasteiger partial charge in [-0.1, -0.05) is 24.6 Å². The molecule has 1 saturated carbocycles. The quantitative estimate of drug-likeness (QED) is 0.413. The number of amides is 1. The number of nitrogens with zero attached hydrogens (tertiary/aromatic N) is 4. The minimum absolute atomic E-state index is 0.0290. The van der Waals surface area contributed by atoms with Crippen LogP contribution in [0.4, 0.5) is 17.6 Å². The highest BCUT2D eigenvalue weighted by atomic mass is 35.5. The molecule has 0 unspecified atom stereocenters. The molecule has 3 aromatic rings. The van der Waals surface area contributed by atoms with Crippen molar-refractivity contribution in [2.75, 3.05) is 30.4 Å². The number of anilines is 3. The van der Waals surface area contributed by atoms with Crippen LogP contribution in [0, 0.1) is 11.8 Å². The maximum Gasteiger partial charge on any atom is 0.224 e. The van der Waals surface area contributed by atoms with E-state index in [1.54, 1.807) is 13.1 Å². The van der Waals surface area contributed by atoms with Gasteiger partial charge in [-0.3, -0.25) is 9.36 Å². The van der Waals surface area contributed by atoms with Crippen molar-refractivity contribution in [2.24, 2.45) is 11.8 Å². The van der Waals surface area contributed by atoms with Crippen LogP contribution in [0.1, 0.15) is 52.0 Å². The van der Waals surface area contributed by atoms with Gasteiger partial charge in [0.15, 0.2) is 5.65 Å². The molecule has 9 nitrogen and oxygen atoms in total. The van der Waals surface area contributed by atoms with Crippen LogP contribution in [-0.4, -0.2) is 51.2 Å². The van der Waals surface area contributed by atoms with Gasteiger partial charge in [0.05, 0.1) is 12.8 Å². The maximum atomic E-state index is 11.4. The van der Waals surface area contributed by atoms with Gasteiger partial charge in [0.2, 0.25) is 17.8 Å². The van der Waals surface area contributed by atoms with E-state index in [1.807, 2.05) is 24.3 Å². The standard InChI is InChI=1S/C26H34ClN7O2/c1-16-15-36-11-10-22(16)31-25-29-14-23-24(33-25)34(21-8-6-18(7-9-21)13-28-17(2)35)26(32-23)30-20-5-3-4-19(27)12-20/h3-5,12,14,16,18,21-22H,6-11,13,15H2,1-2H3,(H,28,35)(H,30,32)(H,29,31,33)/t16-,18?,21?,22+/m1/s1. The molecule has 2 aliphatic rings. The molecule has 1 saturated heterocycles. The monoisotopic (exact) mass is 511 g/mol. The Hall–Kier alpha value is -2.91. The molecular formula is C26H34ClN7O2. The third kappa shape index (κ3) is 5.73. The van der Waals surface area contributed by atoms with Gasteiger partial charge < -0.3 is 20.7 Å². The first-order valence-electron chi connectivity index (χ1n) is 12.8. The van der Waals surface area contributed by atoms with Crippen LogP contribution < -0.4 is 16.0 Å². The highest BCUT2D eigenvalue weighted by Crippen LogP contribution is 2.37. The van der Waals surface area contributed by atoms with Crippen LogP contribution in [0.3, 0.4) is 0 Å². The number of ether oxygens (including phenoxy) is 1. The van der Waals surface area contributed by atoms with E-state index in [4.69, 9.17) is 26.3 Å². The first-order valence-corrected chi connectivity index (χ1v) is 13.2. The smallest absolute Gasteiger partial charge is 0.224 e. The van der Waals surface area contributed by atoms with E-state index in [0.29, 0.717) is 22.8 Å². The van der Waals surface area contributed by atoms with Crippen LogP contribution in [0.2, 0.25) is 5.02 Å². The Morgan fingerprint density at radius 2 is 2.03 bits per heavy atom. The SMILES string of the molecule is CC(=O)NCC1CCC(n2c(Nc3cccc(Cl)c3)nc3cnc(N[C@H]4CCOC[C@H]4C)nc32)CC1. The van der Waals surface area contributed by atoms with Crippen LogP contribution >= 0.6 is 11.6 Å². The number of rotatable bonds is 7. The summed E-state index contributed by atoms with van der Waals surface area (Å²) in [5.74, 6) is 2.27. The zero-order valence-corrected chi connectivity index (χ0v) is 21.6. The molecule has 2 fully saturated rings. The summed E-state index contributed by atoms with van der Waals surface area (Å²) in [6.45, 7) is 5.99. The number of nitrogens with one attached hydrogen (secondary N) is 3. The molecule has 36 heavy (non-hydrogen) atoms. The van der Waals surface area contributed by atoms with Crippen LogP contribution in [0.5, 0.6) is 0 Å². The average Bonchev–Trinajstić information content (AvgIpc) is 3.21. The lowest BCUT2D eigenvalue weighted by Crippen LogP contribution is -2.36. The molecule has 10 heteroatoms. The summed E-state index contributed by atoms with van der Waals surface area (Å²) in [6, 6.07) is 8.16. The summed E-state index contributed by atoms with van der Waals surface area (Å²) >= 11 is 6.23. The average molecular weight is 512 g/mol. The molecule has 5 rings (SSSR count). The van der Waals surface area contributed by atoms with Crippen LogP contribution in [-0.2, 0) is 9.53 Å². The fourth-order valence-corrected chi connectivity index (χ4v) is 5.44. The molecular weight excluding hydrogens is 478 g/mol. The number of hydrogen-bond acceptors (Lipinski definition) is 7. The van der Waals surface area contributed by atoms with Gasteiger partial charge in [-0.15, -0.1) is 0 Å². The summed E-state index contributed by atoms with van der Waals surface area (Å²) in [5, 5.41) is 10.6. The third-order valence-corrected chi connectivity index (χ3v) is 7.53. The van der Waals surface area contributed by atoms with Crippen molar-refractivity contribution in [3.8, 4) is 0 Å². The topological polar surface area (TPSA) is 106 Å². The van der Waals surface area contributed by atoms with Crippen LogP contribution in [0.25, 0.3) is 11.2 Å². The summed E-state index contributed by atoms with van der Waals surface area (Å²) in [5.41, 5.74) is 2.45. The lowest BCUT2D eigenvalue weighted by atomic mass is 9.86. The zero-order chi connectivity index (χ0) is 25.1. The number of carbonyl (C=O) groups is 1. The van der Waals surface area contributed by atoms with Gasteiger partial charge in [0.25, 0.3) is 0 Å². The number of carbonyl (C=O) groups excluding carboxylic acids is 1. The zero-order valence-electron chi connectivity index (χ0n) is 20.8. The Bertz CT molecular complexity index is 1210. The van der Waals surface area contributed by atoms with E-state index in [2.05, 4.69) is 32.4 Å². The van der Waals surface area contributed by atoms with Gasteiger partial charge in [0, 0.05) is 42.9 Å². The molecule has 0 bridgehead atoms. The molecule has 3 heterocycles. The van der Waals surface area contributed by atoms with Crippen molar-refractivity contribution >= 4 is 46.3 Å². The van der Waals surface area contributed by atoms with E-state index >= 15 is 0 Å². The number of hydrogen-bond donors (Lipinski definition) is 3. The highest BCUT2D eigenvalue weighted by molar-refractivity contribution is 6.30. The lowest BCUT2D eigenvalue weighted by molar-refractivity contribution is -0.119. The Morgan fingerprint density at radius 1 is 1.19 bits per heavy atom. The van der Waals surface area contributed by atoms with Gasteiger partial charge in [-0.25, -0.2) is 9.97 Å². The Labute approximate surface area is 216 Å². The summed E-state index contributed by atoms with van der Waals surface area (Å²) in [4.78, 5) is 25.8. The van der Waals surface area contributed by atoms with Gasteiger partial charge in [-0.2, -0.15) is 4.98 Å². The van der Waals surface area contributed by atoms with Crippen molar-refractivity contribution in [3.63, 3.8) is 0 Å². The molecule has 1 aliphatic heterocycles. The molecule has 2 aromatic heterocycles. The first-order chi connectivity index (χ1) is 17.5. The van der Waals surface area contributed by atoms with Crippen molar-refractivity contribution in [1.29, 1.82) is 0 Å². The molecule has 3 N–H and O–H groups in total. The fraction of sp³-hybridized carbons (Fsp3) is 0.538.